The molecule has 5 rings (SSSR count). The topological polar surface area (TPSA) is 59.2 Å². The molecular formula is C28H26FN3O2. The zero-order valence-corrected chi connectivity index (χ0v) is 18.9. The number of carbonyl (C=O) groups is 1. The molecule has 3 heterocycles. The van der Waals surface area contributed by atoms with Crippen molar-refractivity contribution in [1.29, 1.82) is 0 Å². The van der Waals surface area contributed by atoms with Crippen molar-refractivity contribution < 1.29 is 13.6 Å². The van der Waals surface area contributed by atoms with Crippen LogP contribution < -0.4 is 0 Å². The molecule has 2 aromatic carbocycles. The summed E-state index contributed by atoms with van der Waals surface area (Å²) in [5.74, 6) is 1.28. The number of halogens is 1. The van der Waals surface area contributed by atoms with Gasteiger partial charge in [0.05, 0.1) is 12.1 Å². The first-order chi connectivity index (χ1) is 16.7. The maximum Gasteiger partial charge on any atom is 0.253 e. The van der Waals surface area contributed by atoms with Crippen molar-refractivity contribution in [3.8, 4) is 0 Å². The highest BCUT2D eigenvalue weighted by Crippen LogP contribution is 2.28. The molecule has 1 atom stereocenters. The van der Waals surface area contributed by atoms with Crippen molar-refractivity contribution in [3.05, 3.63) is 119 Å². The van der Waals surface area contributed by atoms with Gasteiger partial charge in [-0.1, -0.05) is 48.5 Å². The highest BCUT2D eigenvalue weighted by atomic mass is 19.1. The summed E-state index contributed by atoms with van der Waals surface area (Å²) in [6.45, 7) is 1.26. The van der Waals surface area contributed by atoms with Crippen molar-refractivity contribution >= 4 is 5.91 Å². The van der Waals surface area contributed by atoms with Crippen LogP contribution in [0.2, 0.25) is 0 Å². The van der Waals surface area contributed by atoms with E-state index in [2.05, 4.69) is 22.1 Å². The lowest BCUT2D eigenvalue weighted by Gasteiger charge is -2.31. The summed E-state index contributed by atoms with van der Waals surface area (Å²) in [4.78, 5) is 24.0. The number of hydrogen-bond donors (Lipinski definition) is 0. The summed E-state index contributed by atoms with van der Waals surface area (Å²) in [7, 11) is 0. The molecular weight excluding hydrogens is 429 g/mol. The maximum absolute atomic E-state index is 14.0. The van der Waals surface area contributed by atoms with Crippen LogP contribution in [0.5, 0.6) is 0 Å². The van der Waals surface area contributed by atoms with Crippen LogP contribution in [0, 0.1) is 5.82 Å². The van der Waals surface area contributed by atoms with Crippen molar-refractivity contribution in [2.24, 2.45) is 0 Å². The Kier molecular flexibility index (Phi) is 6.47. The standard InChI is InChI=1S/C28H26FN3O2/c29-26-11-5-4-9-21(26)16-24-17-22(12-13-30-24)28(33)32-14-6-10-23(19-32)27-31-18-25(34-27)15-20-7-2-1-3-8-20/h1-5,7-9,11-13,17-18,23H,6,10,14-16,19H2/t23-/m0/s1. The zero-order valence-electron chi connectivity index (χ0n) is 18.9. The van der Waals surface area contributed by atoms with Crippen LogP contribution in [0.3, 0.4) is 0 Å². The van der Waals surface area contributed by atoms with Crippen LogP contribution >= 0.6 is 0 Å². The largest absolute Gasteiger partial charge is 0.445 e. The average Bonchev–Trinajstić information content (AvgIpc) is 3.34. The van der Waals surface area contributed by atoms with Gasteiger partial charge in [0.1, 0.15) is 11.6 Å². The number of likely N-dealkylation sites (tertiary alicyclic amines) is 1. The molecule has 0 spiro atoms. The van der Waals surface area contributed by atoms with E-state index in [-0.39, 0.29) is 17.6 Å². The highest BCUT2D eigenvalue weighted by Gasteiger charge is 2.28. The van der Waals surface area contributed by atoms with Crippen LogP contribution in [0.15, 0.2) is 83.5 Å². The van der Waals surface area contributed by atoms with Gasteiger partial charge in [-0.2, -0.15) is 0 Å². The number of oxazole rings is 1. The SMILES string of the molecule is O=C(c1ccnc(Cc2ccccc2F)c1)N1CCC[C@H](c2ncc(Cc3ccccc3)o2)C1. The predicted molar refractivity (Wildman–Crippen MR) is 127 cm³/mol. The molecule has 0 N–H and O–H groups in total. The van der Waals surface area contributed by atoms with E-state index in [0.717, 1.165) is 18.6 Å². The van der Waals surface area contributed by atoms with E-state index in [0.29, 0.717) is 48.6 Å². The Balaban J connectivity index is 1.26. The molecule has 0 saturated carbocycles. The molecule has 1 fully saturated rings. The summed E-state index contributed by atoms with van der Waals surface area (Å²) < 4.78 is 20.1. The number of hydrogen-bond acceptors (Lipinski definition) is 4. The molecule has 0 bridgehead atoms. The van der Waals surface area contributed by atoms with Gasteiger partial charge in [0.15, 0.2) is 5.89 Å². The van der Waals surface area contributed by atoms with E-state index in [9.17, 15) is 9.18 Å². The maximum atomic E-state index is 14.0. The van der Waals surface area contributed by atoms with E-state index in [4.69, 9.17) is 4.42 Å². The van der Waals surface area contributed by atoms with Crippen molar-refractivity contribution in [3.63, 3.8) is 0 Å². The zero-order chi connectivity index (χ0) is 23.3. The van der Waals surface area contributed by atoms with Crippen molar-refractivity contribution in [2.75, 3.05) is 13.1 Å². The Morgan fingerprint density at radius 2 is 1.85 bits per heavy atom. The number of aromatic nitrogens is 2. The summed E-state index contributed by atoms with van der Waals surface area (Å²) >= 11 is 0. The molecule has 6 heteroatoms. The monoisotopic (exact) mass is 455 g/mol. The molecule has 0 unspecified atom stereocenters. The summed E-state index contributed by atoms with van der Waals surface area (Å²) in [5.41, 5.74) is 2.98. The quantitative estimate of drug-likeness (QED) is 0.390. The van der Waals surface area contributed by atoms with Gasteiger partial charge in [-0.3, -0.25) is 9.78 Å². The lowest BCUT2D eigenvalue weighted by molar-refractivity contribution is 0.0697. The Morgan fingerprint density at radius 1 is 1.03 bits per heavy atom. The number of amides is 1. The predicted octanol–water partition coefficient (Wildman–Crippen LogP) is 5.41. The van der Waals surface area contributed by atoms with E-state index in [1.54, 1.807) is 42.7 Å². The van der Waals surface area contributed by atoms with Gasteiger partial charge in [-0.25, -0.2) is 9.37 Å². The number of piperidine rings is 1. The molecule has 34 heavy (non-hydrogen) atoms. The second-order valence-corrected chi connectivity index (χ2v) is 8.72. The van der Waals surface area contributed by atoms with Gasteiger partial charge in [0, 0.05) is 43.4 Å². The second-order valence-electron chi connectivity index (χ2n) is 8.72. The smallest absolute Gasteiger partial charge is 0.253 e. The summed E-state index contributed by atoms with van der Waals surface area (Å²) in [5, 5.41) is 0. The third-order valence-corrected chi connectivity index (χ3v) is 6.24. The number of rotatable bonds is 6. The Hall–Kier alpha value is -3.80. The fraction of sp³-hybridized carbons (Fsp3) is 0.250. The van der Waals surface area contributed by atoms with Crippen LogP contribution in [0.4, 0.5) is 4.39 Å². The molecule has 1 aliphatic heterocycles. The van der Waals surface area contributed by atoms with E-state index in [1.807, 2.05) is 23.1 Å². The van der Waals surface area contributed by atoms with E-state index in [1.165, 1.54) is 11.6 Å². The molecule has 1 aliphatic rings. The van der Waals surface area contributed by atoms with Crippen molar-refractivity contribution in [1.82, 2.24) is 14.9 Å². The summed E-state index contributed by atoms with van der Waals surface area (Å²) in [6.07, 6.45) is 6.28. The number of pyridine rings is 1. The Bertz CT molecular complexity index is 1270. The molecule has 1 saturated heterocycles. The minimum atomic E-state index is -0.266. The first kappa shape index (κ1) is 22.0. The van der Waals surface area contributed by atoms with Crippen LogP contribution in [0.1, 0.15) is 57.6 Å². The number of nitrogens with zero attached hydrogens (tertiary/aromatic N) is 3. The third kappa shape index (κ3) is 5.06. The minimum absolute atomic E-state index is 0.0436. The first-order valence-corrected chi connectivity index (χ1v) is 11.6. The van der Waals surface area contributed by atoms with Gasteiger partial charge >= 0.3 is 0 Å². The summed E-state index contributed by atoms with van der Waals surface area (Å²) in [6, 6.07) is 20.3. The highest BCUT2D eigenvalue weighted by molar-refractivity contribution is 5.94. The van der Waals surface area contributed by atoms with Gasteiger partial charge < -0.3 is 9.32 Å². The minimum Gasteiger partial charge on any atom is -0.445 e. The molecule has 1 amide bonds. The fourth-order valence-corrected chi connectivity index (χ4v) is 4.48. The van der Waals surface area contributed by atoms with Gasteiger partial charge in [0.2, 0.25) is 0 Å². The van der Waals surface area contributed by atoms with Crippen molar-refractivity contribution in [2.45, 2.75) is 31.6 Å². The average molecular weight is 456 g/mol. The molecule has 2 aromatic heterocycles. The van der Waals surface area contributed by atoms with E-state index < -0.39 is 0 Å². The molecule has 5 nitrogen and oxygen atoms in total. The molecule has 172 valence electrons. The lowest BCUT2D eigenvalue weighted by atomic mass is 9.97. The number of carbonyl (C=O) groups excluding carboxylic acids is 1. The fourth-order valence-electron chi connectivity index (χ4n) is 4.48. The molecule has 4 aromatic rings. The van der Waals surface area contributed by atoms with Gasteiger partial charge in [-0.05, 0) is 42.2 Å². The molecule has 0 aliphatic carbocycles. The Labute approximate surface area is 198 Å². The molecule has 0 radical (unpaired) electrons. The van der Waals surface area contributed by atoms with Crippen LogP contribution in [-0.2, 0) is 12.8 Å². The van der Waals surface area contributed by atoms with Crippen LogP contribution in [-0.4, -0.2) is 33.9 Å². The normalized spacial score (nSPS) is 15.9. The number of benzene rings is 2. The Morgan fingerprint density at radius 3 is 2.71 bits per heavy atom. The van der Waals surface area contributed by atoms with E-state index >= 15 is 0 Å². The van der Waals surface area contributed by atoms with Gasteiger partial charge in [0.25, 0.3) is 5.91 Å². The lowest BCUT2D eigenvalue weighted by Crippen LogP contribution is -2.39. The second kappa shape index (κ2) is 10.00. The first-order valence-electron chi connectivity index (χ1n) is 11.6. The van der Waals surface area contributed by atoms with Gasteiger partial charge in [-0.15, -0.1) is 0 Å². The third-order valence-electron chi connectivity index (χ3n) is 6.24. The van der Waals surface area contributed by atoms with Crippen LogP contribution in [0.25, 0.3) is 0 Å².